The van der Waals surface area contributed by atoms with Crippen LogP contribution in [0.3, 0.4) is 0 Å². The van der Waals surface area contributed by atoms with Crippen LogP contribution in [-0.2, 0) is 9.59 Å². The molecule has 0 radical (unpaired) electrons. The Bertz CT molecular complexity index is 314. The van der Waals surface area contributed by atoms with Crippen molar-refractivity contribution in [2.24, 2.45) is 11.3 Å². The van der Waals surface area contributed by atoms with Gasteiger partial charge in [-0.2, -0.15) is 0 Å². The number of aliphatic carboxylic acids is 1. The van der Waals surface area contributed by atoms with Gasteiger partial charge in [0.2, 0.25) is 5.91 Å². The molecular formula is C15H27NO3. The zero-order valence-corrected chi connectivity index (χ0v) is 12.4. The van der Waals surface area contributed by atoms with E-state index in [1.807, 2.05) is 0 Å². The fourth-order valence-electron chi connectivity index (χ4n) is 2.49. The van der Waals surface area contributed by atoms with Gasteiger partial charge in [-0.15, -0.1) is 0 Å². The first-order chi connectivity index (χ1) is 8.79. The SMILES string of the molecule is CC(C)(C)CCC(NC(=O)C1CCCCC1)C(=O)O. The fourth-order valence-corrected chi connectivity index (χ4v) is 2.49. The number of hydrogen-bond acceptors (Lipinski definition) is 2. The predicted octanol–water partition coefficient (Wildman–Crippen LogP) is 2.96. The van der Waals surface area contributed by atoms with Crippen LogP contribution in [0.5, 0.6) is 0 Å². The molecule has 2 N–H and O–H groups in total. The Balaban J connectivity index is 2.48. The highest BCUT2D eigenvalue weighted by molar-refractivity contribution is 5.84. The molecule has 4 heteroatoms. The monoisotopic (exact) mass is 269 g/mol. The van der Waals surface area contributed by atoms with Crippen LogP contribution in [0.1, 0.15) is 65.7 Å². The second-order valence-electron chi connectivity index (χ2n) is 6.83. The van der Waals surface area contributed by atoms with E-state index in [1.54, 1.807) is 0 Å². The number of carboxylic acids is 1. The van der Waals surface area contributed by atoms with Crippen molar-refractivity contribution in [3.8, 4) is 0 Å². The number of carbonyl (C=O) groups is 2. The topological polar surface area (TPSA) is 66.4 Å². The van der Waals surface area contributed by atoms with Crippen LogP contribution in [0.4, 0.5) is 0 Å². The molecule has 1 amide bonds. The van der Waals surface area contributed by atoms with Crippen molar-refractivity contribution in [2.75, 3.05) is 0 Å². The van der Waals surface area contributed by atoms with Crippen molar-refractivity contribution in [3.63, 3.8) is 0 Å². The average Bonchev–Trinajstić information content (AvgIpc) is 2.33. The molecular weight excluding hydrogens is 242 g/mol. The summed E-state index contributed by atoms with van der Waals surface area (Å²) in [6.07, 6.45) is 6.44. The summed E-state index contributed by atoms with van der Waals surface area (Å²) in [5.41, 5.74) is 0.0866. The molecule has 1 unspecified atom stereocenters. The zero-order chi connectivity index (χ0) is 14.5. The van der Waals surface area contributed by atoms with E-state index >= 15 is 0 Å². The summed E-state index contributed by atoms with van der Waals surface area (Å²) >= 11 is 0. The zero-order valence-electron chi connectivity index (χ0n) is 12.4. The molecule has 19 heavy (non-hydrogen) atoms. The van der Waals surface area contributed by atoms with Crippen molar-refractivity contribution in [2.45, 2.75) is 71.8 Å². The minimum absolute atomic E-state index is 0.0187. The van der Waals surface area contributed by atoms with E-state index in [2.05, 4.69) is 26.1 Å². The minimum Gasteiger partial charge on any atom is -0.480 e. The van der Waals surface area contributed by atoms with Crippen LogP contribution in [0.15, 0.2) is 0 Å². The van der Waals surface area contributed by atoms with Crippen molar-refractivity contribution in [1.82, 2.24) is 5.32 Å². The molecule has 0 aliphatic heterocycles. The first kappa shape index (κ1) is 16.0. The van der Waals surface area contributed by atoms with Crippen molar-refractivity contribution in [3.05, 3.63) is 0 Å². The van der Waals surface area contributed by atoms with Crippen LogP contribution in [-0.4, -0.2) is 23.0 Å². The van der Waals surface area contributed by atoms with Gasteiger partial charge in [-0.3, -0.25) is 4.79 Å². The molecule has 1 atom stereocenters. The van der Waals surface area contributed by atoms with Gasteiger partial charge in [-0.1, -0.05) is 40.0 Å². The summed E-state index contributed by atoms with van der Waals surface area (Å²) in [7, 11) is 0. The van der Waals surface area contributed by atoms with Crippen molar-refractivity contribution < 1.29 is 14.7 Å². The van der Waals surface area contributed by atoms with Crippen LogP contribution in [0.25, 0.3) is 0 Å². The molecule has 0 saturated heterocycles. The third-order valence-corrected chi connectivity index (χ3v) is 3.77. The Labute approximate surface area is 116 Å². The van der Waals surface area contributed by atoms with Gasteiger partial charge >= 0.3 is 5.97 Å². The van der Waals surface area contributed by atoms with Gasteiger partial charge in [0.05, 0.1) is 0 Å². The second kappa shape index (κ2) is 6.92. The molecule has 1 aliphatic carbocycles. The fraction of sp³-hybridized carbons (Fsp3) is 0.867. The van der Waals surface area contributed by atoms with Gasteiger partial charge in [-0.05, 0) is 31.1 Å². The van der Waals surface area contributed by atoms with Crippen molar-refractivity contribution >= 4 is 11.9 Å². The summed E-state index contributed by atoms with van der Waals surface area (Å²) in [6, 6.07) is -0.742. The van der Waals surface area contributed by atoms with E-state index in [1.165, 1.54) is 6.42 Å². The van der Waals surface area contributed by atoms with E-state index in [0.29, 0.717) is 6.42 Å². The van der Waals surface area contributed by atoms with E-state index in [-0.39, 0.29) is 17.2 Å². The van der Waals surface area contributed by atoms with E-state index < -0.39 is 12.0 Å². The Morgan fingerprint density at radius 1 is 1.21 bits per heavy atom. The van der Waals surface area contributed by atoms with Gasteiger partial charge in [0.25, 0.3) is 0 Å². The normalized spacial score (nSPS) is 18.9. The van der Waals surface area contributed by atoms with Crippen molar-refractivity contribution in [1.29, 1.82) is 0 Å². The van der Waals surface area contributed by atoms with Gasteiger partial charge in [0.15, 0.2) is 0 Å². The summed E-state index contributed by atoms with van der Waals surface area (Å²) in [5, 5.41) is 11.9. The number of carbonyl (C=O) groups excluding carboxylic acids is 1. The van der Waals surface area contributed by atoms with Gasteiger partial charge in [0.1, 0.15) is 6.04 Å². The molecule has 1 aliphatic rings. The number of amides is 1. The van der Waals surface area contributed by atoms with Gasteiger partial charge < -0.3 is 10.4 Å². The number of rotatable bonds is 5. The van der Waals surface area contributed by atoms with Crippen LogP contribution in [0.2, 0.25) is 0 Å². The van der Waals surface area contributed by atoms with Crippen LogP contribution < -0.4 is 5.32 Å². The average molecular weight is 269 g/mol. The lowest BCUT2D eigenvalue weighted by Crippen LogP contribution is -2.44. The molecule has 0 bridgehead atoms. The smallest absolute Gasteiger partial charge is 0.326 e. The number of carboxylic acid groups (broad SMARTS) is 1. The highest BCUT2D eigenvalue weighted by Crippen LogP contribution is 2.25. The molecule has 1 fully saturated rings. The second-order valence-corrected chi connectivity index (χ2v) is 6.83. The number of hydrogen-bond donors (Lipinski definition) is 2. The maximum absolute atomic E-state index is 12.1. The quantitative estimate of drug-likeness (QED) is 0.806. The first-order valence-corrected chi connectivity index (χ1v) is 7.33. The molecule has 1 saturated carbocycles. The molecule has 0 aromatic heterocycles. The standard InChI is InChI=1S/C15H27NO3/c1-15(2,3)10-9-12(14(18)19)16-13(17)11-7-5-4-6-8-11/h11-12H,4-10H2,1-3H3,(H,16,17)(H,18,19). The highest BCUT2D eigenvalue weighted by Gasteiger charge is 2.27. The third-order valence-electron chi connectivity index (χ3n) is 3.77. The molecule has 110 valence electrons. The lowest BCUT2D eigenvalue weighted by atomic mass is 9.87. The molecule has 1 rings (SSSR count). The summed E-state index contributed by atoms with van der Waals surface area (Å²) in [4.78, 5) is 23.3. The minimum atomic E-state index is -0.923. The van der Waals surface area contributed by atoms with Gasteiger partial charge in [0, 0.05) is 5.92 Å². The third kappa shape index (κ3) is 6.08. The Morgan fingerprint density at radius 2 is 1.79 bits per heavy atom. The van der Waals surface area contributed by atoms with E-state index in [0.717, 1.165) is 32.1 Å². The van der Waals surface area contributed by atoms with E-state index in [4.69, 9.17) is 0 Å². The van der Waals surface area contributed by atoms with Crippen LogP contribution in [0, 0.1) is 11.3 Å². The maximum atomic E-state index is 12.1. The number of nitrogens with one attached hydrogen (secondary N) is 1. The van der Waals surface area contributed by atoms with Gasteiger partial charge in [-0.25, -0.2) is 4.79 Å². The first-order valence-electron chi connectivity index (χ1n) is 7.33. The van der Waals surface area contributed by atoms with Crippen LogP contribution >= 0.6 is 0 Å². The molecule has 0 spiro atoms. The largest absolute Gasteiger partial charge is 0.480 e. The lowest BCUT2D eigenvalue weighted by Gasteiger charge is -2.25. The Morgan fingerprint density at radius 3 is 2.26 bits per heavy atom. The predicted molar refractivity (Wildman–Crippen MR) is 74.8 cm³/mol. The maximum Gasteiger partial charge on any atom is 0.326 e. The highest BCUT2D eigenvalue weighted by atomic mass is 16.4. The molecule has 0 aromatic rings. The summed E-state index contributed by atoms with van der Waals surface area (Å²) < 4.78 is 0. The summed E-state index contributed by atoms with van der Waals surface area (Å²) in [5.74, 6) is -0.973. The lowest BCUT2D eigenvalue weighted by molar-refractivity contribution is -0.143. The molecule has 0 heterocycles. The Kier molecular flexibility index (Phi) is 5.83. The molecule has 4 nitrogen and oxygen atoms in total. The molecule has 0 aromatic carbocycles. The van der Waals surface area contributed by atoms with E-state index in [9.17, 15) is 14.7 Å². The Hall–Kier alpha value is -1.06. The summed E-state index contributed by atoms with van der Waals surface area (Å²) in [6.45, 7) is 6.23.